The van der Waals surface area contributed by atoms with Gasteiger partial charge in [0.05, 0.1) is 11.2 Å². The fraction of sp³-hybridized carbons (Fsp3) is 0.200. The van der Waals surface area contributed by atoms with Gasteiger partial charge in [-0.1, -0.05) is 11.6 Å². The number of nitrogens with zero attached hydrogens (tertiary/aromatic N) is 1. The number of hydrogen-bond acceptors (Lipinski definition) is 1. The van der Waals surface area contributed by atoms with Gasteiger partial charge in [-0.05, 0) is 25.1 Å². The zero-order valence-corrected chi connectivity index (χ0v) is 8.17. The topological polar surface area (TPSA) is 30.9 Å². The summed E-state index contributed by atoms with van der Waals surface area (Å²) < 4.78 is 2.09. The van der Waals surface area contributed by atoms with E-state index in [2.05, 4.69) is 11.5 Å². The van der Waals surface area contributed by atoms with E-state index in [0.29, 0.717) is 0 Å². The van der Waals surface area contributed by atoms with E-state index < -0.39 is 0 Å². The van der Waals surface area contributed by atoms with E-state index in [9.17, 15) is 0 Å². The van der Waals surface area contributed by atoms with Crippen molar-refractivity contribution in [2.45, 2.75) is 13.5 Å². The van der Waals surface area contributed by atoms with Gasteiger partial charge in [0, 0.05) is 23.2 Å². The summed E-state index contributed by atoms with van der Waals surface area (Å²) in [5, 5.41) is 1.83. The Morgan fingerprint density at radius 2 is 2.23 bits per heavy atom. The van der Waals surface area contributed by atoms with Gasteiger partial charge < -0.3 is 10.3 Å². The number of halogens is 1. The molecule has 3 heteroatoms. The van der Waals surface area contributed by atoms with Crippen LogP contribution in [-0.2, 0) is 6.54 Å². The Hall–Kier alpha value is -1.15. The second-order valence-corrected chi connectivity index (χ2v) is 3.47. The molecule has 2 aromatic rings. The van der Waals surface area contributed by atoms with E-state index in [4.69, 9.17) is 17.3 Å². The molecule has 2 rings (SSSR count). The van der Waals surface area contributed by atoms with Gasteiger partial charge in [-0.25, -0.2) is 0 Å². The Kier molecular flexibility index (Phi) is 1.93. The Balaban J connectivity index is 2.81. The summed E-state index contributed by atoms with van der Waals surface area (Å²) in [6, 6.07) is 5.76. The van der Waals surface area contributed by atoms with Crippen molar-refractivity contribution in [2.24, 2.45) is 0 Å². The Morgan fingerprint density at radius 1 is 1.46 bits per heavy atom. The number of aryl methyl sites for hydroxylation is 1. The molecule has 0 bridgehead atoms. The molecule has 0 saturated heterocycles. The van der Waals surface area contributed by atoms with Crippen molar-refractivity contribution >= 4 is 28.2 Å². The summed E-state index contributed by atoms with van der Waals surface area (Å²) in [7, 11) is 0. The minimum Gasteiger partial charge on any atom is -0.397 e. The summed E-state index contributed by atoms with van der Waals surface area (Å²) in [5.74, 6) is 0. The maximum absolute atomic E-state index is 5.90. The van der Waals surface area contributed by atoms with Crippen molar-refractivity contribution in [3.63, 3.8) is 0 Å². The molecule has 0 radical (unpaired) electrons. The van der Waals surface area contributed by atoms with Crippen LogP contribution in [0, 0.1) is 0 Å². The molecule has 2 N–H and O–H groups in total. The molecular formula is C10H11ClN2. The zero-order valence-electron chi connectivity index (χ0n) is 7.42. The molecule has 0 aliphatic heterocycles. The lowest BCUT2D eigenvalue weighted by molar-refractivity contribution is 0.798. The zero-order chi connectivity index (χ0) is 9.42. The van der Waals surface area contributed by atoms with E-state index in [1.807, 2.05) is 24.4 Å². The maximum atomic E-state index is 5.90. The molecule has 0 fully saturated rings. The Bertz CT molecular complexity index is 445. The highest BCUT2D eigenvalue weighted by atomic mass is 35.5. The van der Waals surface area contributed by atoms with Crippen LogP contribution in [0.1, 0.15) is 6.92 Å². The minimum absolute atomic E-state index is 0.750. The van der Waals surface area contributed by atoms with Crippen LogP contribution < -0.4 is 5.73 Å². The number of nitrogens with two attached hydrogens (primary N) is 1. The van der Waals surface area contributed by atoms with Gasteiger partial charge in [0.15, 0.2) is 0 Å². The predicted octanol–water partition coefficient (Wildman–Crippen LogP) is 2.90. The van der Waals surface area contributed by atoms with Crippen molar-refractivity contribution in [3.8, 4) is 0 Å². The Morgan fingerprint density at radius 3 is 2.92 bits per heavy atom. The average molecular weight is 195 g/mol. The molecule has 2 nitrogen and oxygen atoms in total. The van der Waals surface area contributed by atoms with E-state index in [0.717, 1.165) is 28.2 Å². The van der Waals surface area contributed by atoms with E-state index in [1.165, 1.54) is 0 Å². The first-order chi connectivity index (χ1) is 6.22. The van der Waals surface area contributed by atoms with Crippen LogP contribution >= 0.6 is 11.6 Å². The standard InChI is InChI=1S/C10H11ClN2/c1-2-13-6-9(12)8-4-3-7(11)5-10(8)13/h3-6H,2,12H2,1H3. The molecule has 0 aliphatic carbocycles. The Labute approximate surface area is 81.9 Å². The average Bonchev–Trinajstić information content (AvgIpc) is 2.42. The molecule has 1 aromatic carbocycles. The molecule has 13 heavy (non-hydrogen) atoms. The first-order valence-electron chi connectivity index (χ1n) is 4.26. The largest absolute Gasteiger partial charge is 0.397 e. The van der Waals surface area contributed by atoms with Crippen LogP contribution in [0.2, 0.25) is 5.02 Å². The molecule has 68 valence electrons. The van der Waals surface area contributed by atoms with Crippen LogP contribution in [0.15, 0.2) is 24.4 Å². The van der Waals surface area contributed by atoms with Crippen molar-refractivity contribution in [2.75, 3.05) is 5.73 Å². The molecular weight excluding hydrogens is 184 g/mol. The monoisotopic (exact) mass is 194 g/mol. The van der Waals surface area contributed by atoms with Gasteiger partial charge in [0.2, 0.25) is 0 Å². The first kappa shape index (κ1) is 8.45. The quantitative estimate of drug-likeness (QED) is 0.744. The van der Waals surface area contributed by atoms with Crippen LogP contribution in [0.3, 0.4) is 0 Å². The minimum atomic E-state index is 0.750. The fourth-order valence-electron chi connectivity index (χ4n) is 1.56. The summed E-state index contributed by atoms with van der Waals surface area (Å²) in [4.78, 5) is 0. The van der Waals surface area contributed by atoms with Gasteiger partial charge >= 0.3 is 0 Å². The van der Waals surface area contributed by atoms with E-state index in [-0.39, 0.29) is 0 Å². The van der Waals surface area contributed by atoms with Gasteiger partial charge in [-0.3, -0.25) is 0 Å². The van der Waals surface area contributed by atoms with Crippen molar-refractivity contribution in [1.82, 2.24) is 4.57 Å². The predicted molar refractivity (Wildman–Crippen MR) is 57.0 cm³/mol. The number of nitrogen functional groups attached to an aromatic ring is 1. The third-order valence-electron chi connectivity index (χ3n) is 2.22. The lowest BCUT2D eigenvalue weighted by atomic mass is 10.2. The highest BCUT2D eigenvalue weighted by Crippen LogP contribution is 2.26. The van der Waals surface area contributed by atoms with Crippen LogP contribution in [0.25, 0.3) is 10.9 Å². The van der Waals surface area contributed by atoms with E-state index >= 15 is 0 Å². The van der Waals surface area contributed by atoms with E-state index in [1.54, 1.807) is 0 Å². The first-order valence-corrected chi connectivity index (χ1v) is 4.64. The molecule has 0 unspecified atom stereocenters. The number of hydrogen-bond donors (Lipinski definition) is 1. The van der Waals surface area contributed by atoms with Crippen LogP contribution in [0.4, 0.5) is 5.69 Å². The lowest BCUT2D eigenvalue weighted by Gasteiger charge is -1.99. The number of benzene rings is 1. The van der Waals surface area contributed by atoms with Gasteiger partial charge in [-0.2, -0.15) is 0 Å². The molecule has 0 amide bonds. The molecule has 0 atom stereocenters. The van der Waals surface area contributed by atoms with Crippen LogP contribution in [-0.4, -0.2) is 4.57 Å². The number of fused-ring (bicyclic) bond motifs is 1. The number of anilines is 1. The summed E-state index contributed by atoms with van der Waals surface area (Å²) in [6.45, 7) is 2.99. The summed E-state index contributed by atoms with van der Waals surface area (Å²) in [5.41, 5.74) is 7.76. The highest BCUT2D eigenvalue weighted by Gasteiger charge is 2.04. The van der Waals surface area contributed by atoms with Gasteiger partial charge in [0.1, 0.15) is 0 Å². The van der Waals surface area contributed by atoms with Crippen LogP contribution in [0.5, 0.6) is 0 Å². The SMILES string of the molecule is CCn1cc(N)c2ccc(Cl)cc21. The highest BCUT2D eigenvalue weighted by molar-refractivity contribution is 6.31. The van der Waals surface area contributed by atoms with Gasteiger partial charge in [-0.15, -0.1) is 0 Å². The maximum Gasteiger partial charge on any atom is 0.0574 e. The smallest absolute Gasteiger partial charge is 0.0574 e. The molecule has 0 saturated carbocycles. The lowest BCUT2D eigenvalue weighted by Crippen LogP contribution is -1.90. The fourth-order valence-corrected chi connectivity index (χ4v) is 1.72. The number of rotatable bonds is 1. The van der Waals surface area contributed by atoms with Crippen molar-refractivity contribution in [1.29, 1.82) is 0 Å². The number of aromatic nitrogens is 1. The second kappa shape index (κ2) is 2.96. The molecule has 0 spiro atoms. The van der Waals surface area contributed by atoms with Crippen molar-refractivity contribution in [3.05, 3.63) is 29.4 Å². The third kappa shape index (κ3) is 1.27. The molecule has 1 aromatic heterocycles. The summed E-state index contributed by atoms with van der Waals surface area (Å²) in [6.07, 6.45) is 1.95. The molecule has 1 heterocycles. The van der Waals surface area contributed by atoms with Gasteiger partial charge in [0.25, 0.3) is 0 Å². The van der Waals surface area contributed by atoms with Crippen molar-refractivity contribution < 1.29 is 0 Å². The summed E-state index contributed by atoms with van der Waals surface area (Å²) >= 11 is 5.90. The second-order valence-electron chi connectivity index (χ2n) is 3.03. The normalized spacial score (nSPS) is 10.9. The third-order valence-corrected chi connectivity index (χ3v) is 2.45. The molecule has 0 aliphatic rings.